The molecule has 0 bridgehead atoms. The van der Waals surface area contributed by atoms with Gasteiger partial charge in [-0.25, -0.2) is 4.99 Å². The highest BCUT2D eigenvalue weighted by molar-refractivity contribution is 5.83. The van der Waals surface area contributed by atoms with Crippen LogP contribution < -0.4 is 0 Å². The average molecular weight is 285 g/mol. The zero-order chi connectivity index (χ0) is 15.0. The third kappa shape index (κ3) is 2.57. The smallest absolute Gasteiger partial charge is 0.188 e. The predicted octanol–water partition coefficient (Wildman–Crippen LogP) is 3.77. The van der Waals surface area contributed by atoms with Crippen LogP contribution in [0.4, 0.5) is 0 Å². The molecule has 1 aliphatic heterocycles. The number of allylic oxidation sites excluding steroid dienone is 2. The van der Waals surface area contributed by atoms with Gasteiger partial charge < -0.3 is 9.47 Å². The quantitative estimate of drug-likeness (QED) is 0.846. The summed E-state index contributed by atoms with van der Waals surface area (Å²) in [6.07, 6.45) is 2.22. The molecule has 112 valence electrons. The molecule has 1 heterocycles. The molecule has 0 amide bonds. The van der Waals surface area contributed by atoms with Gasteiger partial charge in [-0.1, -0.05) is 37.3 Å². The normalized spacial score (nSPS) is 30.6. The number of nitrogens with zero attached hydrogens (tertiary/aromatic N) is 1. The number of rotatable bonds is 3. The Morgan fingerprint density at radius 2 is 1.95 bits per heavy atom. The molecular weight excluding hydrogens is 262 g/mol. The molecule has 1 aliphatic carbocycles. The molecule has 0 unspecified atom stereocenters. The van der Waals surface area contributed by atoms with Crippen molar-refractivity contribution in [3.63, 3.8) is 0 Å². The first-order valence-corrected chi connectivity index (χ1v) is 7.55. The van der Waals surface area contributed by atoms with Gasteiger partial charge in [-0.2, -0.15) is 0 Å². The van der Waals surface area contributed by atoms with E-state index in [4.69, 9.17) is 14.5 Å². The van der Waals surface area contributed by atoms with Gasteiger partial charge in [0.05, 0.1) is 24.3 Å². The van der Waals surface area contributed by atoms with E-state index in [-0.39, 0.29) is 23.3 Å². The first kappa shape index (κ1) is 14.2. The van der Waals surface area contributed by atoms with Crippen molar-refractivity contribution in [2.45, 2.75) is 32.2 Å². The van der Waals surface area contributed by atoms with Crippen molar-refractivity contribution in [2.24, 2.45) is 16.8 Å². The Morgan fingerprint density at radius 3 is 2.52 bits per heavy atom. The number of methoxy groups -OCH3 is 1. The van der Waals surface area contributed by atoms with E-state index in [1.165, 1.54) is 5.56 Å². The zero-order valence-corrected chi connectivity index (χ0v) is 13.2. The van der Waals surface area contributed by atoms with E-state index in [1.54, 1.807) is 7.11 Å². The molecule has 3 heteroatoms. The first-order chi connectivity index (χ1) is 10.0. The van der Waals surface area contributed by atoms with Gasteiger partial charge in [0.15, 0.2) is 5.90 Å². The monoisotopic (exact) mass is 285 g/mol. The minimum atomic E-state index is -0.119. The zero-order valence-electron chi connectivity index (χ0n) is 13.2. The lowest BCUT2D eigenvalue weighted by Crippen LogP contribution is -2.24. The van der Waals surface area contributed by atoms with Crippen LogP contribution in [0.25, 0.3) is 0 Å². The third-order valence-electron chi connectivity index (χ3n) is 4.41. The van der Waals surface area contributed by atoms with Gasteiger partial charge in [-0.3, -0.25) is 0 Å². The Balaban J connectivity index is 1.98. The van der Waals surface area contributed by atoms with Crippen LogP contribution in [0.3, 0.4) is 0 Å². The van der Waals surface area contributed by atoms with Gasteiger partial charge >= 0.3 is 0 Å². The van der Waals surface area contributed by atoms with Crippen molar-refractivity contribution in [1.82, 2.24) is 0 Å². The van der Waals surface area contributed by atoms with Crippen molar-refractivity contribution in [1.29, 1.82) is 0 Å². The SMILES string of the molecule is COC1=C[C@H](c2ccccc2)[C@H](C2=NC(C)(C)CO2)[C@H]1C. The summed E-state index contributed by atoms with van der Waals surface area (Å²) in [5.74, 6) is 2.69. The van der Waals surface area contributed by atoms with E-state index in [2.05, 4.69) is 51.1 Å². The standard InChI is InChI=1S/C18H23NO2/c1-12-15(20-4)10-14(13-8-6-5-7-9-13)16(12)17-19-18(2,3)11-21-17/h5-10,12,14,16H,11H2,1-4H3/t12-,14+,16+/m0/s1. The second-order valence-corrected chi connectivity index (χ2v) is 6.58. The van der Waals surface area contributed by atoms with Gasteiger partial charge in [0.1, 0.15) is 6.61 Å². The Morgan fingerprint density at radius 1 is 1.24 bits per heavy atom. The lowest BCUT2D eigenvalue weighted by atomic mass is 9.84. The third-order valence-corrected chi connectivity index (χ3v) is 4.41. The topological polar surface area (TPSA) is 30.8 Å². The average Bonchev–Trinajstić information content (AvgIpc) is 2.99. The Bertz CT molecular complexity index is 574. The largest absolute Gasteiger partial charge is 0.501 e. The number of hydrogen-bond acceptors (Lipinski definition) is 3. The number of ether oxygens (including phenoxy) is 2. The second-order valence-electron chi connectivity index (χ2n) is 6.58. The summed E-state index contributed by atoms with van der Waals surface area (Å²) in [6, 6.07) is 10.5. The summed E-state index contributed by atoms with van der Waals surface area (Å²) in [5, 5.41) is 0. The summed E-state index contributed by atoms with van der Waals surface area (Å²) >= 11 is 0. The van der Waals surface area contributed by atoms with Crippen molar-refractivity contribution >= 4 is 5.90 Å². The molecule has 1 aromatic carbocycles. The molecule has 0 saturated heterocycles. The molecule has 0 fully saturated rings. The predicted molar refractivity (Wildman–Crippen MR) is 84.4 cm³/mol. The maximum Gasteiger partial charge on any atom is 0.188 e. The van der Waals surface area contributed by atoms with Gasteiger partial charge in [0.25, 0.3) is 0 Å². The van der Waals surface area contributed by atoms with Crippen LogP contribution in [0.1, 0.15) is 32.3 Å². The van der Waals surface area contributed by atoms with Crippen LogP contribution in [0.5, 0.6) is 0 Å². The van der Waals surface area contributed by atoms with Crippen molar-refractivity contribution in [3.8, 4) is 0 Å². The minimum absolute atomic E-state index is 0.119. The minimum Gasteiger partial charge on any atom is -0.501 e. The van der Waals surface area contributed by atoms with Crippen LogP contribution in [0, 0.1) is 11.8 Å². The maximum absolute atomic E-state index is 5.93. The number of hydrogen-bond donors (Lipinski definition) is 0. The highest BCUT2D eigenvalue weighted by Crippen LogP contribution is 2.44. The highest BCUT2D eigenvalue weighted by atomic mass is 16.5. The van der Waals surface area contributed by atoms with Crippen LogP contribution in [-0.4, -0.2) is 25.2 Å². The molecule has 0 N–H and O–H groups in total. The second kappa shape index (κ2) is 5.21. The van der Waals surface area contributed by atoms with Gasteiger partial charge in [-0.15, -0.1) is 0 Å². The fourth-order valence-electron chi connectivity index (χ4n) is 3.30. The van der Waals surface area contributed by atoms with Gasteiger partial charge in [0.2, 0.25) is 0 Å². The van der Waals surface area contributed by atoms with Gasteiger partial charge in [0, 0.05) is 11.8 Å². The van der Waals surface area contributed by atoms with E-state index in [0.29, 0.717) is 6.61 Å². The van der Waals surface area contributed by atoms with E-state index in [9.17, 15) is 0 Å². The summed E-state index contributed by atoms with van der Waals surface area (Å²) in [5.41, 5.74) is 1.17. The number of benzene rings is 1. The molecule has 21 heavy (non-hydrogen) atoms. The van der Waals surface area contributed by atoms with E-state index >= 15 is 0 Å². The summed E-state index contributed by atoms with van der Waals surface area (Å²) < 4.78 is 11.5. The van der Waals surface area contributed by atoms with E-state index in [0.717, 1.165) is 11.7 Å². The van der Waals surface area contributed by atoms with Gasteiger partial charge in [-0.05, 0) is 25.5 Å². The molecule has 0 spiro atoms. The Hall–Kier alpha value is -1.77. The molecular formula is C18H23NO2. The van der Waals surface area contributed by atoms with Crippen LogP contribution in [0.2, 0.25) is 0 Å². The Labute approximate surface area is 126 Å². The van der Waals surface area contributed by atoms with E-state index in [1.807, 2.05) is 6.07 Å². The molecule has 1 aromatic rings. The fraction of sp³-hybridized carbons (Fsp3) is 0.500. The van der Waals surface area contributed by atoms with E-state index < -0.39 is 0 Å². The molecule has 3 nitrogen and oxygen atoms in total. The summed E-state index contributed by atoms with van der Waals surface area (Å²) in [6.45, 7) is 7.08. The lowest BCUT2D eigenvalue weighted by Gasteiger charge is -2.23. The molecule has 2 aliphatic rings. The van der Waals surface area contributed by atoms with Crippen LogP contribution >= 0.6 is 0 Å². The first-order valence-electron chi connectivity index (χ1n) is 7.55. The molecule has 3 rings (SSSR count). The highest BCUT2D eigenvalue weighted by Gasteiger charge is 2.43. The Kier molecular flexibility index (Phi) is 3.52. The van der Waals surface area contributed by atoms with Crippen molar-refractivity contribution in [3.05, 3.63) is 47.7 Å². The van der Waals surface area contributed by atoms with Crippen molar-refractivity contribution in [2.75, 3.05) is 13.7 Å². The molecule has 0 saturated carbocycles. The molecule has 0 radical (unpaired) electrons. The number of aliphatic imine (C=N–C) groups is 1. The maximum atomic E-state index is 5.93. The fourth-order valence-corrected chi connectivity index (χ4v) is 3.30. The van der Waals surface area contributed by atoms with Crippen molar-refractivity contribution < 1.29 is 9.47 Å². The lowest BCUT2D eigenvalue weighted by molar-refractivity contribution is 0.225. The molecule has 3 atom stereocenters. The summed E-state index contributed by atoms with van der Waals surface area (Å²) in [7, 11) is 1.74. The molecule has 0 aromatic heterocycles. The summed E-state index contributed by atoms with van der Waals surface area (Å²) in [4.78, 5) is 4.80. The van der Waals surface area contributed by atoms with Crippen LogP contribution in [-0.2, 0) is 9.47 Å². The van der Waals surface area contributed by atoms with Crippen LogP contribution in [0.15, 0.2) is 47.2 Å².